The second-order valence-electron chi connectivity index (χ2n) is 5.43. The third-order valence-corrected chi connectivity index (χ3v) is 6.57. The summed E-state index contributed by atoms with van der Waals surface area (Å²) in [5.74, 6) is -0.875. The first-order valence-corrected chi connectivity index (χ1v) is 10.3. The summed E-state index contributed by atoms with van der Waals surface area (Å²) in [5.41, 5.74) is 0.556. The molecule has 0 aliphatic heterocycles. The minimum absolute atomic E-state index is 0.0618. The second-order valence-corrected chi connectivity index (χ2v) is 9.07. The van der Waals surface area contributed by atoms with Crippen LogP contribution in [0.5, 0.6) is 0 Å². The predicted molar refractivity (Wildman–Crippen MR) is 96.0 cm³/mol. The highest BCUT2D eigenvalue weighted by Gasteiger charge is 2.23. The van der Waals surface area contributed by atoms with Gasteiger partial charge in [0.1, 0.15) is 9.88 Å². The molecule has 0 aliphatic rings. The molecule has 2 aromatic heterocycles. The highest BCUT2D eigenvalue weighted by Crippen LogP contribution is 2.28. The molecule has 0 spiro atoms. The van der Waals surface area contributed by atoms with Crippen molar-refractivity contribution in [2.45, 2.75) is 25.1 Å². The summed E-state index contributed by atoms with van der Waals surface area (Å²) in [5, 5.41) is 6.82. The van der Waals surface area contributed by atoms with E-state index in [-0.39, 0.29) is 12.4 Å². The Bertz CT molecular complexity index is 1040. The van der Waals surface area contributed by atoms with Crippen LogP contribution in [0, 0.1) is 0 Å². The summed E-state index contributed by atoms with van der Waals surface area (Å²) in [6, 6.07) is 6.59. The van der Waals surface area contributed by atoms with Crippen molar-refractivity contribution in [1.29, 1.82) is 0 Å². The maximum absolute atomic E-state index is 12.5. The largest absolute Gasteiger partial charge is 0.414 e. The Morgan fingerprint density at radius 3 is 2.78 bits per heavy atom. The minimum Gasteiger partial charge on any atom is -0.414 e. The van der Waals surface area contributed by atoms with E-state index in [4.69, 9.17) is 16.0 Å². The molecule has 0 bridgehead atoms. The average Bonchev–Trinajstić information content (AvgIpc) is 3.28. The zero-order valence-electron chi connectivity index (χ0n) is 13.8. The van der Waals surface area contributed by atoms with Gasteiger partial charge in [0, 0.05) is 5.02 Å². The quantitative estimate of drug-likeness (QED) is 0.604. The third kappa shape index (κ3) is 4.67. The van der Waals surface area contributed by atoms with Crippen LogP contribution in [0.1, 0.15) is 35.1 Å². The Hall–Kier alpha value is -1.95. The lowest BCUT2D eigenvalue weighted by molar-refractivity contribution is 0.116. The fourth-order valence-electron chi connectivity index (χ4n) is 2.14. The number of thiazole rings is 1. The van der Waals surface area contributed by atoms with Crippen molar-refractivity contribution in [1.82, 2.24) is 19.9 Å². The first-order chi connectivity index (χ1) is 12.8. The van der Waals surface area contributed by atoms with Gasteiger partial charge in [0.15, 0.2) is 0 Å². The molecular formula is C15H13ClF2N4O3S2. The maximum Gasteiger partial charge on any atom is 0.314 e. The van der Waals surface area contributed by atoms with E-state index in [9.17, 15) is 17.2 Å². The van der Waals surface area contributed by atoms with Crippen molar-refractivity contribution in [3.8, 4) is 10.8 Å². The number of sulfonamides is 1. The zero-order chi connectivity index (χ0) is 19.6. The van der Waals surface area contributed by atoms with Crippen LogP contribution in [0.3, 0.4) is 0 Å². The summed E-state index contributed by atoms with van der Waals surface area (Å²) >= 11 is 6.97. The van der Waals surface area contributed by atoms with E-state index in [0.717, 1.165) is 11.3 Å². The van der Waals surface area contributed by atoms with Crippen molar-refractivity contribution >= 4 is 33.0 Å². The molecule has 12 heteroatoms. The molecule has 0 radical (unpaired) electrons. The molecule has 0 saturated heterocycles. The topological polar surface area (TPSA) is 98.0 Å². The molecule has 2 heterocycles. The SMILES string of the molecule is CC(c1cccc(Cl)c1)S(=O)(=O)NCc1ncc(-c2nnc(C(F)F)o2)s1. The van der Waals surface area contributed by atoms with Gasteiger partial charge in [-0.2, -0.15) is 8.78 Å². The van der Waals surface area contributed by atoms with E-state index >= 15 is 0 Å². The summed E-state index contributed by atoms with van der Waals surface area (Å²) < 4.78 is 57.3. The van der Waals surface area contributed by atoms with E-state index < -0.39 is 27.6 Å². The maximum atomic E-state index is 12.5. The fourth-order valence-corrected chi connectivity index (χ4v) is 4.30. The first kappa shape index (κ1) is 19.8. The molecular weight excluding hydrogens is 422 g/mol. The Labute approximate surface area is 162 Å². The van der Waals surface area contributed by atoms with Gasteiger partial charge in [-0.3, -0.25) is 0 Å². The molecule has 1 unspecified atom stereocenters. The molecule has 1 atom stereocenters. The van der Waals surface area contributed by atoms with Crippen LogP contribution < -0.4 is 4.72 Å². The molecule has 144 valence electrons. The zero-order valence-corrected chi connectivity index (χ0v) is 16.2. The highest BCUT2D eigenvalue weighted by atomic mass is 35.5. The Balaban J connectivity index is 1.68. The second kappa shape index (κ2) is 7.97. The average molecular weight is 435 g/mol. The lowest BCUT2D eigenvalue weighted by Crippen LogP contribution is -2.27. The number of aromatic nitrogens is 3. The first-order valence-electron chi connectivity index (χ1n) is 7.57. The molecule has 0 fully saturated rings. The Morgan fingerprint density at radius 1 is 1.33 bits per heavy atom. The fraction of sp³-hybridized carbons (Fsp3) is 0.267. The van der Waals surface area contributed by atoms with Gasteiger partial charge in [-0.05, 0) is 24.6 Å². The van der Waals surface area contributed by atoms with Crippen molar-refractivity contribution in [3.05, 3.63) is 51.9 Å². The van der Waals surface area contributed by atoms with E-state index in [1.807, 2.05) is 0 Å². The summed E-state index contributed by atoms with van der Waals surface area (Å²) in [6.07, 6.45) is -1.50. The molecule has 7 nitrogen and oxygen atoms in total. The molecule has 3 rings (SSSR count). The number of alkyl halides is 2. The molecule has 27 heavy (non-hydrogen) atoms. The van der Waals surface area contributed by atoms with Crippen LogP contribution in [0.15, 0.2) is 34.9 Å². The summed E-state index contributed by atoms with van der Waals surface area (Å²) in [6.45, 7) is 1.49. The lowest BCUT2D eigenvalue weighted by Gasteiger charge is -2.14. The molecule has 0 amide bonds. The monoisotopic (exact) mass is 434 g/mol. The van der Waals surface area contributed by atoms with E-state index in [2.05, 4.69) is 19.9 Å². The van der Waals surface area contributed by atoms with Crippen molar-refractivity contribution in [2.24, 2.45) is 0 Å². The minimum atomic E-state index is -3.68. The molecule has 1 aromatic carbocycles. The van der Waals surface area contributed by atoms with E-state index in [0.29, 0.717) is 20.5 Å². The lowest BCUT2D eigenvalue weighted by atomic mass is 10.2. The van der Waals surface area contributed by atoms with Crippen LogP contribution in [0.2, 0.25) is 5.02 Å². The van der Waals surface area contributed by atoms with Crippen LogP contribution in [-0.4, -0.2) is 23.6 Å². The molecule has 3 aromatic rings. The van der Waals surface area contributed by atoms with Crippen molar-refractivity contribution in [3.63, 3.8) is 0 Å². The Kier molecular flexibility index (Phi) is 5.84. The normalized spacial score (nSPS) is 13.2. The van der Waals surface area contributed by atoms with Gasteiger partial charge >= 0.3 is 6.43 Å². The standard InChI is InChI=1S/C15H13ClF2N4O3S2/c1-8(9-3-2-4-10(16)5-9)27(23,24)20-7-12-19-6-11(26-12)14-21-22-15(25-14)13(17)18/h2-6,8,13,20H,7H2,1H3. The van der Waals surface area contributed by atoms with Gasteiger partial charge in [-0.15, -0.1) is 21.5 Å². The number of nitrogens with one attached hydrogen (secondary N) is 1. The Morgan fingerprint density at radius 2 is 2.11 bits per heavy atom. The third-order valence-electron chi connectivity index (χ3n) is 3.60. The van der Waals surface area contributed by atoms with Gasteiger partial charge in [0.25, 0.3) is 11.8 Å². The molecule has 0 aliphatic carbocycles. The van der Waals surface area contributed by atoms with Gasteiger partial charge in [0.05, 0.1) is 18.0 Å². The van der Waals surface area contributed by atoms with Gasteiger partial charge in [-0.1, -0.05) is 23.7 Å². The number of hydrogen-bond donors (Lipinski definition) is 1. The smallest absolute Gasteiger partial charge is 0.314 e. The number of benzene rings is 1. The van der Waals surface area contributed by atoms with Crippen LogP contribution in [0.25, 0.3) is 10.8 Å². The highest BCUT2D eigenvalue weighted by molar-refractivity contribution is 7.89. The molecule has 0 saturated carbocycles. The number of nitrogens with zero attached hydrogens (tertiary/aromatic N) is 3. The van der Waals surface area contributed by atoms with Crippen molar-refractivity contribution in [2.75, 3.05) is 0 Å². The number of hydrogen-bond acceptors (Lipinski definition) is 7. The number of halogens is 3. The van der Waals surface area contributed by atoms with Crippen LogP contribution in [0.4, 0.5) is 8.78 Å². The van der Waals surface area contributed by atoms with E-state index in [1.165, 1.54) is 6.20 Å². The van der Waals surface area contributed by atoms with Crippen LogP contribution >= 0.6 is 22.9 Å². The predicted octanol–water partition coefficient (Wildman–Crippen LogP) is 3.96. The van der Waals surface area contributed by atoms with E-state index in [1.54, 1.807) is 31.2 Å². The molecule has 1 N–H and O–H groups in total. The van der Waals surface area contributed by atoms with Gasteiger partial charge in [0.2, 0.25) is 10.0 Å². The van der Waals surface area contributed by atoms with Gasteiger partial charge < -0.3 is 4.42 Å². The summed E-state index contributed by atoms with van der Waals surface area (Å²) in [4.78, 5) is 4.42. The van der Waals surface area contributed by atoms with Gasteiger partial charge in [-0.25, -0.2) is 18.1 Å². The van der Waals surface area contributed by atoms with Crippen molar-refractivity contribution < 1.29 is 21.6 Å². The number of rotatable bonds is 7. The summed E-state index contributed by atoms with van der Waals surface area (Å²) in [7, 11) is -3.68. The van der Waals surface area contributed by atoms with Crippen LogP contribution in [-0.2, 0) is 16.6 Å².